The highest BCUT2D eigenvalue weighted by Gasteiger charge is 2.27. The molecule has 6 heteroatoms. The summed E-state index contributed by atoms with van der Waals surface area (Å²) in [5, 5.41) is 2.86. The monoisotopic (exact) mass is 384 g/mol. The summed E-state index contributed by atoms with van der Waals surface area (Å²) in [6.07, 6.45) is 5.09. The van der Waals surface area contributed by atoms with Gasteiger partial charge in [0, 0.05) is 19.3 Å². The highest BCUT2D eigenvalue weighted by molar-refractivity contribution is 5.94. The zero-order valence-electron chi connectivity index (χ0n) is 16.9. The van der Waals surface area contributed by atoms with Gasteiger partial charge in [-0.25, -0.2) is 14.4 Å². The second kappa shape index (κ2) is 9.24. The minimum atomic E-state index is -0.288. The Bertz CT molecular complexity index is 807. The fraction of sp³-hybridized carbons (Fsp3) is 0.500. The van der Waals surface area contributed by atoms with Crippen molar-refractivity contribution in [3.63, 3.8) is 0 Å². The normalized spacial score (nSPS) is 17.7. The van der Waals surface area contributed by atoms with Crippen molar-refractivity contribution in [1.82, 2.24) is 20.2 Å². The van der Waals surface area contributed by atoms with Gasteiger partial charge in [0.25, 0.3) is 5.91 Å². The highest BCUT2D eigenvalue weighted by Crippen LogP contribution is 2.29. The molecule has 1 aliphatic heterocycles. The SMILES string of the molecule is Cc1nc([C@@H]2CCCCN2CC(C)C)ncc1C(=O)NCc1ccc(F)cc1. The van der Waals surface area contributed by atoms with E-state index in [9.17, 15) is 9.18 Å². The lowest BCUT2D eigenvalue weighted by Crippen LogP contribution is -2.37. The van der Waals surface area contributed by atoms with Gasteiger partial charge >= 0.3 is 0 Å². The molecule has 1 atom stereocenters. The van der Waals surface area contributed by atoms with E-state index in [1.54, 1.807) is 18.3 Å². The minimum Gasteiger partial charge on any atom is -0.348 e. The van der Waals surface area contributed by atoms with Crippen LogP contribution in [-0.2, 0) is 6.54 Å². The Morgan fingerprint density at radius 3 is 2.71 bits per heavy atom. The molecule has 0 bridgehead atoms. The molecule has 1 aliphatic rings. The Kier molecular flexibility index (Phi) is 6.73. The number of carbonyl (C=O) groups is 1. The number of aromatic nitrogens is 2. The standard InChI is InChI=1S/C22H29FN4O/c1-15(2)14-27-11-5-4-6-20(27)21-24-13-19(16(3)26-21)22(28)25-12-17-7-9-18(23)10-8-17/h7-10,13,15,20H,4-6,11-12,14H2,1-3H3,(H,25,28)/t20-/m0/s1. The smallest absolute Gasteiger partial charge is 0.254 e. The van der Waals surface area contributed by atoms with Crippen LogP contribution in [0.5, 0.6) is 0 Å². The van der Waals surface area contributed by atoms with Crippen molar-refractivity contribution >= 4 is 5.91 Å². The maximum absolute atomic E-state index is 13.0. The molecule has 0 spiro atoms. The van der Waals surface area contributed by atoms with Gasteiger partial charge in [-0.15, -0.1) is 0 Å². The third kappa shape index (κ3) is 5.13. The molecule has 1 saturated heterocycles. The number of hydrogen-bond donors (Lipinski definition) is 1. The van der Waals surface area contributed by atoms with Crippen LogP contribution in [0.2, 0.25) is 0 Å². The number of nitrogens with one attached hydrogen (secondary N) is 1. The van der Waals surface area contributed by atoms with Gasteiger partial charge in [0.15, 0.2) is 0 Å². The molecule has 3 rings (SSSR count). The van der Waals surface area contributed by atoms with E-state index in [2.05, 4.69) is 34.0 Å². The Morgan fingerprint density at radius 1 is 1.29 bits per heavy atom. The van der Waals surface area contributed by atoms with Gasteiger partial charge in [0.05, 0.1) is 17.3 Å². The molecule has 150 valence electrons. The quantitative estimate of drug-likeness (QED) is 0.817. The van der Waals surface area contributed by atoms with Crippen molar-refractivity contribution in [2.24, 2.45) is 5.92 Å². The number of amides is 1. The third-order valence-electron chi connectivity index (χ3n) is 5.12. The molecule has 0 unspecified atom stereocenters. The first-order chi connectivity index (χ1) is 13.4. The predicted molar refractivity (Wildman–Crippen MR) is 107 cm³/mol. The number of nitrogens with zero attached hydrogens (tertiary/aromatic N) is 3. The van der Waals surface area contributed by atoms with E-state index in [4.69, 9.17) is 0 Å². The first kappa shape index (κ1) is 20.4. The average Bonchev–Trinajstić information content (AvgIpc) is 2.67. The van der Waals surface area contributed by atoms with Crippen molar-refractivity contribution in [2.75, 3.05) is 13.1 Å². The summed E-state index contributed by atoms with van der Waals surface area (Å²) in [4.78, 5) is 24.2. The predicted octanol–water partition coefficient (Wildman–Crippen LogP) is 4.04. The summed E-state index contributed by atoms with van der Waals surface area (Å²) in [5.41, 5.74) is 2.02. The van der Waals surface area contributed by atoms with Gasteiger partial charge in [0.1, 0.15) is 11.6 Å². The maximum Gasteiger partial charge on any atom is 0.254 e. The number of aryl methyl sites for hydroxylation is 1. The Morgan fingerprint density at radius 2 is 2.04 bits per heavy atom. The third-order valence-corrected chi connectivity index (χ3v) is 5.12. The molecule has 0 saturated carbocycles. The lowest BCUT2D eigenvalue weighted by Gasteiger charge is -2.35. The Balaban J connectivity index is 1.68. The van der Waals surface area contributed by atoms with Gasteiger partial charge in [-0.2, -0.15) is 0 Å². The van der Waals surface area contributed by atoms with Crippen LogP contribution < -0.4 is 5.32 Å². The summed E-state index contributed by atoms with van der Waals surface area (Å²) < 4.78 is 13.0. The molecule has 1 fully saturated rings. The highest BCUT2D eigenvalue weighted by atomic mass is 19.1. The first-order valence-corrected chi connectivity index (χ1v) is 10.0. The fourth-order valence-electron chi connectivity index (χ4n) is 3.72. The van der Waals surface area contributed by atoms with E-state index in [1.165, 1.54) is 25.0 Å². The van der Waals surface area contributed by atoms with Gasteiger partial charge in [-0.05, 0) is 49.9 Å². The van der Waals surface area contributed by atoms with E-state index >= 15 is 0 Å². The number of rotatable bonds is 6. The molecular weight excluding hydrogens is 355 g/mol. The molecule has 5 nitrogen and oxygen atoms in total. The number of halogens is 1. The van der Waals surface area contributed by atoms with E-state index < -0.39 is 0 Å². The van der Waals surface area contributed by atoms with Crippen molar-refractivity contribution in [2.45, 2.75) is 52.6 Å². The topological polar surface area (TPSA) is 58.1 Å². The van der Waals surface area contributed by atoms with Crippen molar-refractivity contribution in [3.8, 4) is 0 Å². The van der Waals surface area contributed by atoms with Crippen LogP contribution in [0.3, 0.4) is 0 Å². The molecule has 1 aromatic heterocycles. The van der Waals surface area contributed by atoms with Crippen LogP contribution >= 0.6 is 0 Å². The van der Waals surface area contributed by atoms with Crippen LogP contribution in [-0.4, -0.2) is 33.9 Å². The minimum absolute atomic E-state index is 0.212. The maximum atomic E-state index is 13.0. The molecule has 0 aliphatic carbocycles. The lowest BCUT2D eigenvalue weighted by atomic mass is 9.99. The van der Waals surface area contributed by atoms with Crippen molar-refractivity contribution < 1.29 is 9.18 Å². The van der Waals surface area contributed by atoms with Crippen LogP contribution in [0.4, 0.5) is 4.39 Å². The van der Waals surface area contributed by atoms with Crippen molar-refractivity contribution in [3.05, 3.63) is 58.9 Å². The summed E-state index contributed by atoms with van der Waals surface area (Å²) in [6, 6.07) is 6.32. The van der Waals surface area contributed by atoms with Crippen LogP contribution in [0.1, 0.15) is 66.6 Å². The lowest BCUT2D eigenvalue weighted by molar-refractivity contribution is 0.0948. The number of benzene rings is 1. The summed E-state index contributed by atoms with van der Waals surface area (Å²) in [5.74, 6) is 0.909. The largest absolute Gasteiger partial charge is 0.348 e. The zero-order valence-corrected chi connectivity index (χ0v) is 16.9. The van der Waals surface area contributed by atoms with Gasteiger partial charge in [-0.3, -0.25) is 9.69 Å². The number of hydrogen-bond acceptors (Lipinski definition) is 4. The molecule has 0 radical (unpaired) electrons. The van der Waals surface area contributed by atoms with Gasteiger partial charge in [0.2, 0.25) is 0 Å². The van der Waals surface area contributed by atoms with E-state index in [0.29, 0.717) is 23.7 Å². The van der Waals surface area contributed by atoms with E-state index in [1.807, 2.05) is 6.92 Å². The Hall–Kier alpha value is -2.34. The number of carbonyl (C=O) groups excluding carboxylic acids is 1. The van der Waals surface area contributed by atoms with Crippen molar-refractivity contribution in [1.29, 1.82) is 0 Å². The van der Waals surface area contributed by atoms with Gasteiger partial charge in [-0.1, -0.05) is 32.4 Å². The molecule has 2 heterocycles. The van der Waals surface area contributed by atoms with E-state index in [0.717, 1.165) is 30.9 Å². The van der Waals surface area contributed by atoms with Gasteiger partial charge < -0.3 is 5.32 Å². The number of piperidine rings is 1. The second-order valence-electron chi connectivity index (χ2n) is 7.94. The molecular formula is C22H29FN4O. The summed E-state index contributed by atoms with van der Waals surface area (Å²) in [7, 11) is 0. The van der Waals surface area contributed by atoms with Crippen LogP contribution in [0, 0.1) is 18.7 Å². The molecule has 28 heavy (non-hydrogen) atoms. The molecule has 1 amide bonds. The first-order valence-electron chi connectivity index (χ1n) is 10.0. The van der Waals surface area contributed by atoms with Crippen LogP contribution in [0.25, 0.3) is 0 Å². The van der Waals surface area contributed by atoms with E-state index in [-0.39, 0.29) is 17.8 Å². The average molecular weight is 384 g/mol. The Labute approximate surface area is 166 Å². The van der Waals surface area contributed by atoms with Crippen LogP contribution in [0.15, 0.2) is 30.5 Å². The molecule has 1 N–H and O–H groups in total. The molecule has 2 aromatic rings. The summed E-state index contributed by atoms with van der Waals surface area (Å²) in [6.45, 7) is 8.76. The molecule has 1 aromatic carbocycles. The fourth-order valence-corrected chi connectivity index (χ4v) is 3.72. The number of likely N-dealkylation sites (tertiary alicyclic amines) is 1. The zero-order chi connectivity index (χ0) is 20.1. The second-order valence-corrected chi connectivity index (χ2v) is 7.94. The summed E-state index contributed by atoms with van der Waals surface area (Å²) >= 11 is 0.